The molecule has 31 heavy (non-hydrogen) atoms. The van der Waals surface area contributed by atoms with Crippen molar-refractivity contribution in [3.05, 3.63) is 126 Å². The number of para-hydroxylation sites is 1. The van der Waals surface area contributed by atoms with Crippen molar-refractivity contribution < 1.29 is 4.92 Å². The number of allylic oxidation sites excluding steroid dienone is 4. The molecule has 0 unspecified atom stereocenters. The molecule has 3 aromatic carbocycles. The summed E-state index contributed by atoms with van der Waals surface area (Å²) in [6.07, 6.45) is 7.83. The van der Waals surface area contributed by atoms with E-state index in [4.69, 9.17) is 0 Å². The standard InChI is InChI=1S/C26H25N3O2/c1-4-6-10-21(5-2)28(24-11-8-7-9-12-24)25-17-13-22(14-18-25)27(3)23-15-19-26(20-16-23)29(30)31/h4-20H,2H2,1,3H3/b6-4-,21-10+. The fourth-order valence-corrected chi connectivity index (χ4v) is 3.23. The van der Waals surface area contributed by atoms with Crippen LogP contribution < -0.4 is 9.80 Å². The molecular weight excluding hydrogens is 386 g/mol. The summed E-state index contributed by atoms with van der Waals surface area (Å²) in [5.41, 5.74) is 4.93. The SMILES string of the molecule is C=C/C(=C\C=C/C)N(c1ccccc1)c1ccc(N(C)c2ccc([N+](=O)[O-])cc2)cc1. The Hall–Kier alpha value is -4.12. The molecule has 0 N–H and O–H groups in total. The normalized spacial score (nSPS) is 11.4. The van der Waals surface area contributed by atoms with Gasteiger partial charge in [0.05, 0.1) is 4.92 Å². The van der Waals surface area contributed by atoms with Gasteiger partial charge in [-0.3, -0.25) is 10.1 Å². The van der Waals surface area contributed by atoms with Crippen LogP contribution in [-0.4, -0.2) is 12.0 Å². The molecule has 0 amide bonds. The van der Waals surface area contributed by atoms with Gasteiger partial charge in [0, 0.05) is 47.6 Å². The number of hydrogen-bond acceptors (Lipinski definition) is 4. The van der Waals surface area contributed by atoms with Gasteiger partial charge in [-0.15, -0.1) is 0 Å². The number of non-ortho nitro benzene ring substituents is 1. The van der Waals surface area contributed by atoms with E-state index in [-0.39, 0.29) is 5.69 Å². The predicted molar refractivity (Wildman–Crippen MR) is 129 cm³/mol. The van der Waals surface area contributed by atoms with E-state index in [9.17, 15) is 10.1 Å². The Kier molecular flexibility index (Phi) is 7.01. The van der Waals surface area contributed by atoms with E-state index in [1.54, 1.807) is 12.1 Å². The topological polar surface area (TPSA) is 49.6 Å². The predicted octanol–water partition coefficient (Wildman–Crippen LogP) is 7.15. The fraction of sp³-hybridized carbons (Fsp3) is 0.0769. The molecule has 0 aromatic heterocycles. The minimum atomic E-state index is -0.394. The van der Waals surface area contributed by atoms with E-state index in [1.165, 1.54) is 12.1 Å². The maximum atomic E-state index is 10.9. The first-order chi connectivity index (χ1) is 15.0. The first kappa shape index (κ1) is 21.6. The van der Waals surface area contributed by atoms with Gasteiger partial charge < -0.3 is 9.80 Å². The highest BCUT2D eigenvalue weighted by molar-refractivity contribution is 5.73. The largest absolute Gasteiger partial charge is 0.345 e. The highest BCUT2D eigenvalue weighted by Crippen LogP contribution is 2.33. The molecule has 0 aliphatic heterocycles. The van der Waals surface area contributed by atoms with Crippen molar-refractivity contribution in [1.82, 2.24) is 0 Å². The Labute approximate surface area is 183 Å². The van der Waals surface area contributed by atoms with E-state index < -0.39 is 4.92 Å². The van der Waals surface area contributed by atoms with Crippen LogP contribution in [0.15, 0.2) is 115 Å². The Morgan fingerprint density at radius 3 is 1.90 bits per heavy atom. The molecule has 0 bridgehead atoms. The zero-order valence-corrected chi connectivity index (χ0v) is 17.7. The highest BCUT2D eigenvalue weighted by Gasteiger charge is 2.13. The number of benzene rings is 3. The lowest BCUT2D eigenvalue weighted by Crippen LogP contribution is -2.15. The van der Waals surface area contributed by atoms with E-state index in [0.717, 1.165) is 28.4 Å². The van der Waals surface area contributed by atoms with Crippen molar-refractivity contribution in [3.8, 4) is 0 Å². The van der Waals surface area contributed by atoms with Crippen LogP contribution >= 0.6 is 0 Å². The second-order valence-electron chi connectivity index (χ2n) is 6.84. The third-order valence-corrected chi connectivity index (χ3v) is 4.88. The van der Waals surface area contributed by atoms with Gasteiger partial charge >= 0.3 is 0 Å². The Balaban J connectivity index is 1.94. The first-order valence-corrected chi connectivity index (χ1v) is 9.94. The van der Waals surface area contributed by atoms with Crippen LogP contribution in [0.3, 0.4) is 0 Å². The molecule has 0 saturated heterocycles. The van der Waals surface area contributed by atoms with Crippen molar-refractivity contribution in [3.63, 3.8) is 0 Å². The van der Waals surface area contributed by atoms with Crippen LogP contribution in [0.4, 0.5) is 28.4 Å². The molecule has 3 rings (SSSR count). The summed E-state index contributed by atoms with van der Waals surface area (Å²) in [6, 6.07) is 24.8. The summed E-state index contributed by atoms with van der Waals surface area (Å²) in [5.74, 6) is 0. The van der Waals surface area contributed by atoms with Crippen molar-refractivity contribution >= 4 is 28.4 Å². The average Bonchev–Trinajstić information content (AvgIpc) is 2.82. The van der Waals surface area contributed by atoms with Gasteiger partial charge in [0.15, 0.2) is 0 Å². The van der Waals surface area contributed by atoms with E-state index >= 15 is 0 Å². The number of nitro groups is 1. The lowest BCUT2D eigenvalue weighted by molar-refractivity contribution is -0.384. The van der Waals surface area contributed by atoms with Crippen molar-refractivity contribution in [2.75, 3.05) is 16.8 Å². The Bertz CT molecular complexity index is 1090. The third kappa shape index (κ3) is 5.08. The fourth-order valence-electron chi connectivity index (χ4n) is 3.23. The molecule has 0 fully saturated rings. The maximum absolute atomic E-state index is 10.9. The molecule has 0 radical (unpaired) electrons. The molecule has 3 aromatic rings. The van der Waals surface area contributed by atoms with Crippen molar-refractivity contribution in [2.45, 2.75) is 6.92 Å². The first-order valence-electron chi connectivity index (χ1n) is 9.94. The highest BCUT2D eigenvalue weighted by atomic mass is 16.6. The summed E-state index contributed by atoms with van der Waals surface area (Å²) >= 11 is 0. The summed E-state index contributed by atoms with van der Waals surface area (Å²) in [5, 5.41) is 10.9. The zero-order valence-electron chi connectivity index (χ0n) is 17.7. The van der Waals surface area contributed by atoms with Gasteiger partial charge in [-0.05, 0) is 67.6 Å². The third-order valence-electron chi connectivity index (χ3n) is 4.88. The molecule has 0 aliphatic rings. The van der Waals surface area contributed by atoms with Gasteiger partial charge in [-0.1, -0.05) is 36.9 Å². The van der Waals surface area contributed by atoms with E-state index in [0.29, 0.717) is 0 Å². The summed E-state index contributed by atoms with van der Waals surface area (Å²) in [4.78, 5) is 14.6. The second-order valence-corrected chi connectivity index (χ2v) is 6.84. The molecule has 0 heterocycles. The molecule has 5 nitrogen and oxygen atoms in total. The lowest BCUT2D eigenvalue weighted by atomic mass is 10.1. The smallest absolute Gasteiger partial charge is 0.269 e. The zero-order chi connectivity index (χ0) is 22.2. The lowest BCUT2D eigenvalue weighted by Gasteiger charge is -2.27. The molecule has 0 saturated carbocycles. The number of hydrogen-bond donors (Lipinski definition) is 0. The quantitative estimate of drug-likeness (QED) is 0.224. The molecule has 0 aliphatic carbocycles. The minimum absolute atomic E-state index is 0.0795. The maximum Gasteiger partial charge on any atom is 0.269 e. The number of anilines is 4. The van der Waals surface area contributed by atoms with Gasteiger partial charge in [0.25, 0.3) is 5.69 Å². The van der Waals surface area contributed by atoms with Crippen LogP contribution in [0.5, 0.6) is 0 Å². The molecule has 0 spiro atoms. The van der Waals surface area contributed by atoms with Gasteiger partial charge in [-0.2, -0.15) is 0 Å². The number of nitro benzene ring substituents is 1. The van der Waals surface area contributed by atoms with Crippen molar-refractivity contribution in [2.24, 2.45) is 0 Å². The summed E-state index contributed by atoms with van der Waals surface area (Å²) < 4.78 is 0. The van der Waals surface area contributed by atoms with E-state index in [2.05, 4.69) is 35.7 Å². The number of rotatable bonds is 8. The average molecular weight is 412 g/mol. The van der Waals surface area contributed by atoms with Gasteiger partial charge in [0.2, 0.25) is 0 Å². The Morgan fingerprint density at radius 2 is 1.39 bits per heavy atom. The van der Waals surface area contributed by atoms with Crippen LogP contribution in [0.25, 0.3) is 0 Å². The van der Waals surface area contributed by atoms with E-state index in [1.807, 2.05) is 73.5 Å². The Morgan fingerprint density at radius 1 is 0.871 bits per heavy atom. The van der Waals surface area contributed by atoms with Gasteiger partial charge in [-0.25, -0.2) is 0 Å². The van der Waals surface area contributed by atoms with Crippen molar-refractivity contribution in [1.29, 1.82) is 0 Å². The molecule has 5 heteroatoms. The summed E-state index contributed by atoms with van der Waals surface area (Å²) in [7, 11) is 1.94. The van der Waals surface area contributed by atoms with Crippen LogP contribution in [-0.2, 0) is 0 Å². The molecule has 156 valence electrons. The number of nitrogens with zero attached hydrogens (tertiary/aromatic N) is 3. The van der Waals surface area contributed by atoms with Crippen LogP contribution in [0.1, 0.15) is 6.92 Å². The summed E-state index contributed by atoms with van der Waals surface area (Å²) in [6.45, 7) is 5.97. The van der Waals surface area contributed by atoms with Gasteiger partial charge in [0.1, 0.15) is 0 Å². The molecule has 0 atom stereocenters. The van der Waals surface area contributed by atoms with Crippen LogP contribution in [0.2, 0.25) is 0 Å². The van der Waals surface area contributed by atoms with Crippen LogP contribution in [0, 0.1) is 10.1 Å². The second kappa shape index (κ2) is 10.1. The monoisotopic (exact) mass is 411 g/mol. The minimum Gasteiger partial charge on any atom is -0.345 e. The molecular formula is C26H25N3O2.